The van der Waals surface area contributed by atoms with Gasteiger partial charge in [0.15, 0.2) is 0 Å². The Morgan fingerprint density at radius 2 is 1.58 bits per heavy atom. The third-order valence-corrected chi connectivity index (χ3v) is 5.71. The van der Waals surface area contributed by atoms with Crippen LogP contribution in [0.1, 0.15) is 26.3 Å². The van der Waals surface area contributed by atoms with Crippen LogP contribution in [0, 0.1) is 0 Å². The molecule has 2 N–H and O–H groups in total. The molecule has 0 aliphatic carbocycles. The zero-order valence-corrected chi connectivity index (χ0v) is 20.2. The Morgan fingerprint density at radius 1 is 0.861 bits per heavy atom. The lowest BCUT2D eigenvalue weighted by Crippen LogP contribution is -2.34. The van der Waals surface area contributed by atoms with Crippen molar-refractivity contribution < 1.29 is 19.1 Å². The second-order valence-electron chi connectivity index (χ2n) is 7.55. The fraction of sp³-hybridized carbons (Fsp3) is 0.0370. The molecule has 0 aromatic heterocycles. The lowest BCUT2D eigenvalue weighted by Gasteiger charge is -2.11. The van der Waals surface area contributed by atoms with Gasteiger partial charge in [-0.15, -0.1) is 0 Å². The van der Waals surface area contributed by atoms with Gasteiger partial charge >= 0.3 is 5.97 Å². The van der Waals surface area contributed by atoms with Crippen molar-refractivity contribution in [3.63, 3.8) is 0 Å². The second kappa shape index (κ2) is 11.5. The number of amides is 2. The molecule has 4 aromatic carbocycles. The van der Waals surface area contributed by atoms with Gasteiger partial charge < -0.3 is 10.1 Å². The van der Waals surface area contributed by atoms with Crippen molar-refractivity contribution in [1.82, 2.24) is 10.7 Å². The molecule has 0 heterocycles. The number of carbonyl (C=O) groups excluding carboxylic acids is 3. The van der Waals surface area contributed by atoms with Gasteiger partial charge in [0.1, 0.15) is 5.75 Å². The minimum absolute atomic E-state index is 0.222. The van der Waals surface area contributed by atoms with Crippen LogP contribution >= 0.6 is 23.2 Å². The van der Waals surface area contributed by atoms with Gasteiger partial charge in [-0.2, -0.15) is 5.10 Å². The maximum Gasteiger partial charge on any atom is 0.345 e. The highest BCUT2D eigenvalue weighted by Crippen LogP contribution is 2.28. The van der Waals surface area contributed by atoms with Crippen LogP contribution in [-0.2, 0) is 4.79 Å². The van der Waals surface area contributed by atoms with Crippen LogP contribution in [0.15, 0.2) is 90.0 Å². The lowest BCUT2D eigenvalue weighted by atomic mass is 10.0. The van der Waals surface area contributed by atoms with E-state index >= 15 is 0 Å². The molecule has 9 heteroatoms. The Balaban J connectivity index is 1.47. The molecular weight excluding hydrogens is 501 g/mol. The Bertz CT molecular complexity index is 1470. The first kappa shape index (κ1) is 24.9. The fourth-order valence-corrected chi connectivity index (χ4v) is 3.69. The predicted molar refractivity (Wildman–Crippen MR) is 140 cm³/mol. The summed E-state index contributed by atoms with van der Waals surface area (Å²) in [7, 11) is 0. The smallest absolute Gasteiger partial charge is 0.345 e. The average molecular weight is 520 g/mol. The van der Waals surface area contributed by atoms with Gasteiger partial charge in [0.25, 0.3) is 11.8 Å². The molecule has 0 atom stereocenters. The molecule has 4 rings (SSSR count). The van der Waals surface area contributed by atoms with E-state index in [2.05, 4.69) is 15.8 Å². The lowest BCUT2D eigenvalue weighted by molar-refractivity contribution is -0.120. The molecular formula is C27H19Cl2N3O4. The first-order valence-corrected chi connectivity index (χ1v) is 11.5. The summed E-state index contributed by atoms with van der Waals surface area (Å²) in [5.74, 6) is -1.34. The highest BCUT2D eigenvalue weighted by atomic mass is 35.5. The van der Waals surface area contributed by atoms with Crippen LogP contribution in [0.2, 0.25) is 10.0 Å². The van der Waals surface area contributed by atoms with E-state index in [1.807, 2.05) is 30.3 Å². The van der Waals surface area contributed by atoms with Crippen LogP contribution in [0.3, 0.4) is 0 Å². The van der Waals surface area contributed by atoms with E-state index in [0.717, 1.165) is 10.8 Å². The molecule has 0 saturated heterocycles. The molecule has 7 nitrogen and oxygen atoms in total. The SMILES string of the molecule is O=C(CNC(=O)c1ccc(Cl)cc1)N/N=C/c1c(OC(=O)c2ccccc2Cl)ccc2ccccc12. The van der Waals surface area contributed by atoms with Crippen molar-refractivity contribution in [2.24, 2.45) is 5.10 Å². The van der Waals surface area contributed by atoms with Crippen molar-refractivity contribution in [2.75, 3.05) is 6.54 Å². The Morgan fingerprint density at radius 3 is 2.36 bits per heavy atom. The van der Waals surface area contributed by atoms with Crippen molar-refractivity contribution in [3.05, 3.63) is 112 Å². The van der Waals surface area contributed by atoms with E-state index in [4.69, 9.17) is 27.9 Å². The number of hydrazone groups is 1. The summed E-state index contributed by atoms with van der Waals surface area (Å²) in [4.78, 5) is 37.1. The number of ether oxygens (including phenoxy) is 1. The summed E-state index contributed by atoms with van der Waals surface area (Å²) < 4.78 is 5.62. The van der Waals surface area contributed by atoms with Gasteiger partial charge in [-0.25, -0.2) is 10.2 Å². The summed E-state index contributed by atoms with van der Waals surface area (Å²) in [6.45, 7) is -0.289. The summed E-state index contributed by atoms with van der Waals surface area (Å²) in [5.41, 5.74) is 3.45. The number of benzene rings is 4. The van der Waals surface area contributed by atoms with E-state index in [1.165, 1.54) is 6.21 Å². The van der Waals surface area contributed by atoms with Gasteiger partial charge in [0.05, 0.1) is 23.3 Å². The van der Waals surface area contributed by atoms with E-state index in [1.54, 1.807) is 54.6 Å². The molecule has 0 radical (unpaired) electrons. The van der Waals surface area contributed by atoms with Crippen LogP contribution in [-0.4, -0.2) is 30.5 Å². The number of esters is 1. The molecule has 0 bridgehead atoms. The molecule has 4 aromatic rings. The van der Waals surface area contributed by atoms with Gasteiger partial charge in [-0.1, -0.05) is 65.7 Å². The number of fused-ring (bicyclic) bond motifs is 1. The Kier molecular flexibility index (Phi) is 7.95. The summed E-state index contributed by atoms with van der Waals surface area (Å²) in [5, 5.41) is 8.93. The van der Waals surface area contributed by atoms with Crippen molar-refractivity contribution in [1.29, 1.82) is 0 Å². The number of hydrogen-bond acceptors (Lipinski definition) is 5. The highest BCUT2D eigenvalue weighted by molar-refractivity contribution is 6.33. The fourth-order valence-electron chi connectivity index (χ4n) is 3.35. The molecule has 0 unspecified atom stereocenters. The van der Waals surface area contributed by atoms with E-state index in [0.29, 0.717) is 16.1 Å². The van der Waals surface area contributed by atoms with E-state index in [-0.39, 0.29) is 22.9 Å². The third kappa shape index (κ3) is 6.07. The first-order chi connectivity index (χ1) is 17.4. The summed E-state index contributed by atoms with van der Waals surface area (Å²) in [6.07, 6.45) is 1.39. The standard InChI is InChI=1S/C27H19Cl2N3O4/c28-19-12-9-18(10-13-19)26(34)30-16-25(33)32-31-15-22-20-6-2-1-5-17(20)11-14-24(22)36-27(35)21-7-3-4-8-23(21)29/h1-15H,16H2,(H,30,34)(H,32,33)/b31-15+. The number of hydrogen-bond donors (Lipinski definition) is 2. The van der Waals surface area contributed by atoms with Crippen LogP contribution < -0.4 is 15.5 Å². The first-order valence-electron chi connectivity index (χ1n) is 10.8. The zero-order valence-electron chi connectivity index (χ0n) is 18.7. The number of nitrogens with one attached hydrogen (secondary N) is 2. The van der Waals surface area contributed by atoms with Crippen LogP contribution in [0.25, 0.3) is 10.8 Å². The quantitative estimate of drug-likeness (QED) is 0.151. The highest BCUT2D eigenvalue weighted by Gasteiger charge is 2.16. The van der Waals surface area contributed by atoms with Gasteiger partial charge in [-0.3, -0.25) is 9.59 Å². The normalized spacial score (nSPS) is 10.8. The number of nitrogens with zero attached hydrogens (tertiary/aromatic N) is 1. The Hall–Kier alpha value is -4.20. The average Bonchev–Trinajstić information content (AvgIpc) is 2.89. The molecule has 0 fully saturated rings. The van der Waals surface area contributed by atoms with Gasteiger partial charge in [0.2, 0.25) is 0 Å². The largest absolute Gasteiger partial charge is 0.422 e. The van der Waals surface area contributed by atoms with Crippen LogP contribution in [0.4, 0.5) is 0 Å². The molecule has 0 spiro atoms. The molecule has 0 aliphatic rings. The summed E-state index contributed by atoms with van der Waals surface area (Å²) in [6, 6.07) is 23.8. The molecule has 0 saturated carbocycles. The van der Waals surface area contributed by atoms with Crippen LogP contribution in [0.5, 0.6) is 5.75 Å². The van der Waals surface area contributed by atoms with E-state index < -0.39 is 17.8 Å². The Labute approximate surface area is 216 Å². The minimum Gasteiger partial charge on any atom is -0.422 e. The number of rotatable bonds is 7. The topological polar surface area (TPSA) is 96.9 Å². The molecule has 0 aliphatic heterocycles. The molecule has 36 heavy (non-hydrogen) atoms. The number of carbonyl (C=O) groups is 3. The molecule has 180 valence electrons. The van der Waals surface area contributed by atoms with Crippen molar-refractivity contribution in [3.8, 4) is 5.75 Å². The minimum atomic E-state index is -0.625. The van der Waals surface area contributed by atoms with E-state index in [9.17, 15) is 14.4 Å². The zero-order chi connectivity index (χ0) is 25.5. The monoisotopic (exact) mass is 519 g/mol. The third-order valence-electron chi connectivity index (χ3n) is 5.13. The van der Waals surface area contributed by atoms with Crippen molar-refractivity contribution in [2.45, 2.75) is 0 Å². The summed E-state index contributed by atoms with van der Waals surface area (Å²) >= 11 is 11.9. The van der Waals surface area contributed by atoms with Crippen molar-refractivity contribution >= 4 is 58.0 Å². The van der Waals surface area contributed by atoms with Gasteiger partial charge in [-0.05, 0) is 53.2 Å². The second-order valence-corrected chi connectivity index (χ2v) is 8.39. The maximum absolute atomic E-state index is 12.7. The number of halogens is 2. The maximum atomic E-state index is 12.7. The predicted octanol–water partition coefficient (Wildman–Crippen LogP) is 5.25. The molecule has 2 amide bonds. The van der Waals surface area contributed by atoms with Gasteiger partial charge in [0, 0.05) is 16.1 Å².